The Kier molecular flexibility index (Phi) is 3.14. The molecule has 5 heteroatoms. The highest BCUT2D eigenvalue weighted by Crippen LogP contribution is 2.39. The second-order valence-electron chi connectivity index (χ2n) is 5.31. The van der Waals surface area contributed by atoms with Crippen LogP contribution in [0.3, 0.4) is 0 Å². The van der Waals surface area contributed by atoms with E-state index in [1.165, 1.54) is 0 Å². The number of carbonyl (C=O) groups is 1. The molecule has 2 unspecified atom stereocenters. The van der Waals surface area contributed by atoms with Crippen molar-refractivity contribution in [2.45, 2.75) is 19.4 Å². The van der Waals surface area contributed by atoms with Crippen LogP contribution in [-0.2, 0) is 4.79 Å². The Hall–Kier alpha value is -2.01. The van der Waals surface area contributed by atoms with Gasteiger partial charge in [-0.2, -0.15) is 0 Å². The van der Waals surface area contributed by atoms with E-state index in [-0.39, 0.29) is 12.0 Å². The third-order valence-electron chi connectivity index (χ3n) is 4.09. The number of methoxy groups -OCH3 is 1. The van der Waals surface area contributed by atoms with Crippen molar-refractivity contribution >= 4 is 16.9 Å². The normalized spacial score (nSPS) is 22.3. The van der Waals surface area contributed by atoms with Gasteiger partial charge in [0.2, 0.25) is 0 Å². The summed E-state index contributed by atoms with van der Waals surface area (Å²) in [7, 11) is 1.66. The number of aromatic amines is 1. The monoisotopic (exact) mass is 274 g/mol. The maximum absolute atomic E-state index is 11.1. The van der Waals surface area contributed by atoms with Crippen LogP contribution in [0.4, 0.5) is 0 Å². The van der Waals surface area contributed by atoms with Gasteiger partial charge in [0.05, 0.1) is 13.0 Å². The van der Waals surface area contributed by atoms with Crippen LogP contribution in [0.2, 0.25) is 0 Å². The first-order valence-corrected chi connectivity index (χ1v) is 6.72. The summed E-state index contributed by atoms with van der Waals surface area (Å²) < 4.78 is 5.60. The van der Waals surface area contributed by atoms with Crippen LogP contribution in [0.5, 0.6) is 5.75 Å². The Morgan fingerprint density at radius 1 is 1.45 bits per heavy atom. The van der Waals surface area contributed by atoms with Crippen molar-refractivity contribution in [2.75, 3.05) is 13.7 Å². The Balaban J connectivity index is 2.04. The lowest BCUT2D eigenvalue weighted by molar-refractivity contribution is -0.141. The molecule has 1 aromatic carbocycles. The second kappa shape index (κ2) is 4.83. The number of aromatic nitrogens is 1. The third-order valence-corrected chi connectivity index (χ3v) is 4.09. The van der Waals surface area contributed by atoms with Crippen molar-refractivity contribution in [3.8, 4) is 5.75 Å². The van der Waals surface area contributed by atoms with Gasteiger partial charge in [-0.15, -0.1) is 0 Å². The quantitative estimate of drug-likeness (QED) is 0.802. The number of H-pyrrole nitrogens is 1. The molecule has 2 heterocycles. The van der Waals surface area contributed by atoms with Crippen molar-refractivity contribution in [1.29, 1.82) is 0 Å². The summed E-state index contributed by atoms with van der Waals surface area (Å²) in [6.45, 7) is 2.54. The minimum absolute atomic E-state index is 0.0322. The second-order valence-corrected chi connectivity index (χ2v) is 5.31. The standard InChI is InChI=1S/C15H18N2O3/c1-8-6-16-11-4-3-10(14(20-2)13(8)11)12-5-9(7-17-12)15(18)19/h3-4,6,9,12,16-17H,5,7H2,1-2H3,(H,18,19). The number of ether oxygens (including phenoxy) is 1. The van der Waals surface area contributed by atoms with E-state index in [2.05, 4.69) is 10.3 Å². The molecule has 5 nitrogen and oxygen atoms in total. The molecule has 0 radical (unpaired) electrons. The zero-order valence-electron chi connectivity index (χ0n) is 11.6. The number of carboxylic acids is 1. The smallest absolute Gasteiger partial charge is 0.307 e. The van der Waals surface area contributed by atoms with Crippen LogP contribution in [0.1, 0.15) is 23.6 Å². The van der Waals surface area contributed by atoms with Gasteiger partial charge in [0.15, 0.2) is 0 Å². The Morgan fingerprint density at radius 2 is 2.25 bits per heavy atom. The summed E-state index contributed by atoms with van der Waals surface area (Å²) >= 11 is 0. The summed E-state index contributed by atoms with van der Waals surface area (Å²) in [4.78, 5) is 14.3. The molecule has 0 bridgehead atoms. The fourth-order valence-corrected chi connectivity index (χ4v) is 3.02. The van der Waals surface area contributed by atoms with Crippen molar-refractivity contribution in [3.05, 3.63) is 29.5 Å². The van der Waals surface area contributed by atoms with Crippen molar-refractivity contribution in [3.63, 3.8) is 0 Å². The first-order chi connectivity index (χ1) is 9.61. The fraction of sp³-hybridized carbons (Fsp3) is 0.400. The highest BCUT2D eigenvalue weighted by molar-refractivity contribution is 5.90. The first kappa shape index (κ1) is 13.0. The fourth-order valence-electron chi connectivity index (χ4n) is 3.02. The van der Waals surface area contributed by atoms with Crippen LogP contribution >= 0.6 is 0 Å². The number of benzene rings is 1. The molecule has 1 aromatic heterocycles. The number of carboxylic acid groups (broad SMARTS) is 1. The van der Waals surface area contributed by atoms with Crippen molar-refractivity contribution in [2.24, 2.45) is 5.92 Å². The van der Waals surface area contributed by atoms with E-state index in [4.69, 9.17) is 9.84 Å². The largest absolute Gasteiger partial charge is 0.496 e. The van der Waals surface area contributed by atoms with E-state index in [0.717, 1.165) is 27.8 Å². The molecule has 2 atom stereocenters. The maximum atomic E-state index is 11.1. The highest BCUT2D eigenvalue weighted by atomic mass is 16.5. The number of aryl methyl sites for hydroxylation is 1. The Labute approximate surface area is 116 Å². The van der Waals surface area contributed by atoms with Crippen LogP contribution < -0.4 is 10.1 Å². The van der Waals surface area contributed by atoms with Crippen LogP contribution in [-0.4, -0.2) is 29.7 Å². The highest BCUT2D eigenvalue weighted by Gasteiger charge is 2.32. The first-order valence-electron chi connectivity index (χ1n) is 6.72. The van der Waals surface area contributed by atoms with E-state index in [1.807, 2.05) is 25.3 Å². The van der Waals surface area contributed by atoms with E-state index >= 15 is 0 Å². The van der Waals surface area contributed by atoms with Gasteiger partial charge in [0.25, 0.3) is 0 Å². The van der Waals surface area contributed by atoms with Gasteiger partial charge in [-0.3, -0.25) is 4.79 Å². The van der Waals surface area contributed by atoms with Gasteiger partial charge < -0.3 is 20.1 Å². The predicted octanol–water partition coefficient (Wildman–Crippen LogP) is 2.22. The zero-order chi connectivity index (χ0) is 14.3. The number of hydrogen-bond donors (Lipinski definition) is 3. The summed E-state index contributed by atoms with van der Waals surface area (Å²) in [5.74, 6) is -0.226. The van der Waals surface area contributed by atoms with Gasteiger partial charge in [-0.25, -0.2) is 0 Å². The van der Waals surface area contributed by atoms with Crippen LogP contribution in [0.25, 0.3) is 10.9 Å². The SMILES string of the molecule is COc1c(C2CC(C(=O)O)CN2)ccc2[nH]cc(C)c12. The number of fused-ring (bicyclic) bond motifs is 1. The molecule has 1 aliphatic heterocycles. The van der Waals surface area contributed by atoms with Gasteiger partial charge in [-0.05, 0) is 25.0 Å². The molecule has 3 rings (SSSR count). The molecule has 0 aliphatic carbocycles. The average molecular weight is 274 g/mol. The summed E-state index contributed by atoms with van der Waals surface area (Å²) in [6, 6.07) is 4.07. The molecule has 0 spiro atoms. The molecule has 3 N–H and O–H groups in total. The van der Waals surface area contributed by atoms with Gasteiger partial charge in [-0.1, -0.05) is 6.07 Å². The molecule has 1 aliphatic rings. The number of rotatable bonds is 3. The van der Waals surface area contributed by atoms with E-state index in [9.17, 15) is 4.79 Å². The Morgan fingerprint density at radius 3 is 2.90 bits per heavy atom. The number of hydrogen-bond acceptors (Lipinski definition) is 3. The van der Waals surface area contributed by atoms with Crippen molar-refractivity contribution < 1.29 is 14.6 Å². The molecular weight excluding hydrogens is 256 g/mol. The summed E-state index contributed by atoms with van der Waals surface area (Å²) in [5, 5.41) is 13.5. The molecule has 0 saturated carbocycles. The minimum Gasteiger partial charge on any atom is -0.496 e. The van der Waals surface area contributed by atoms with E-state index < -0.39 is 5.97 Å². The third kappa shape index (κ3) is 1.94. The molecule has 2 aromatic rings. The predicted molar refractivity (Wildman–Crippen MR) is 76.1 cm³/mol. The number of aliphatic carboxylic acids is 1. The zero-order valence-corrected chi connectivity index (χ0v) is 11.6. The van der Waals surface area contributed by atoms with Crippen LogP contribution in [0, 0.1) is 12.8 Å². The lowest BCUT2D eigenvalue weighted by atomic mass is 9.97. The van der Waals surface area contributed by atoms with Gasteiger partial charge in [0, 0.05) is 35.2 Å². The van der Waals surface area contributed by atoms with Crippen LogP contribution in [0.15, 0.2) is 18.3 Å². The van der Waals surface area contributed by atoms with Gasteiger partial charge in [0.1, 0.15) is 5.75 Å². The van der Waals surface area contributed by atoms with E-state index in [0.29, 0.717) is 13.0 Å². The molecular formula is C15H18N2O3. The molecule has 0 amide bonds. The van der Waals surface area contributed by atoms with Gasteiger partial charge >= 0.3 is 5.97 Å². The average Bonchev–Trinajstić information content (AvgIpc) is 3.05. The molecule has 20 heavy (non-hydrogen) atoms. The lowest BCUT2D eigenvalue weighted by Crippen LogP contribution is -2.17. The molecule has 1 fully saturated rings. The summed E-state index contributed by atoms with van der Waals surface area (Å²) in [5.41, 5.74) is 3.20. The van der Waals surface area contributed by atoms with E-state index in [1.54, 1.807) is 7.11 Å². The molecule has 106 valence electrons. The Bertz CT molecular complexity index is 662. The minimum atomic E-state index is -0.738. The maximum Gasteiger partial charge on any atom is 0.307 e. The topological polar surface area (TPSA) is 74.3 Å². The lowest BCUT2D eigenvalue weighted by Gasteiger charge is -2.16. The number of nitrogens with one attached hydrogen (secondary N) is 2. The summed E-state index contributed by atoms with van der Waals surface area (Å²) in [6.07, 6.45) is 2.56. The van der Waals surface area contributed by atoms with Crippen molar-refractivity contribution in [1.82, 2.24) is 10.3 Å². The molecule has 1 saturated heterocycles.